The molecule has 3 aromatic heterocycles. The lowest BCUT2D eigenvalue weighted by atomic mass is 10.1. The zero-order valence-electron chi connectivity index (χ0n) is 11.6. The van der Waals surface area contributed by atoms with E-state index in [0.717, 1.165) is 22.6 Å². The quantitative estimate of drug-likeness (QED) is 0.613. The molecule has 7 heteroatoms. The Kier molecular flexibility index (Phi) is 5.73. The van der Waals surface area contributed by atoms with Crippen LogP contribution in [-0.2, 0) is 0 Å². The molecule has 0 aromatic carbocycles. The van der Waals surface area contributed by atoms with Gasteiger partial charge < -0.3 is 15.1 Å². The van der Waals surface area contributed by atoms with Gasteiger partial charge in [0.25, 0.3) is 0 Å². The monoisotopic (exact) mass is 295 g/mol. The minimum Gasteiger partial charge on any atom is -0.402 e. The van der Waals surface area contributed by atoms with Crippen LogP contribution < -0.4 is 0 Å². The van der Waals surface area contributed by atoms with Crippen molar-refractivity contribution < 1.29 is 15.1 Å². The Labute approximate surface area is 128 Å². The fourth-order valence-corrected chi connectivity index (χ4v) is 1.84. The molecule has 0 spiro atoms. The molecule has 110 valence electrons. The molecule has 0 amide bonds. The van der Waals surface area contributed by atoms with E-state index in [1.54, 1.807) is 18.6 Å². The highest BCUT2D eigenvalue weighted by Crippen LogP contribution is 2.26. The summed E-state index contributed by atoms with van der Waals surface area (Å²) in [7, 11) is -2.17. The van der Waals surface area contributed by atoms with E-state index in [4.69, 9.17) is 15.1 Å². The standard InChI is InChI=1S/C15H11N3.BH3O3/c1-3-9-16-13(7-1)12-6-5-11-18-15(12)14-8-2-4-10-17-14;2-1(3)4/h1-11H;2-4H. The van der Waals surface area contributed by atoms with Crippen LogP contribution in [0.1, 0.15) is 0 Å². The molecule has 0 saturated carbocycles. The lowest BCUT2D eigenvalue weighted by molar-refractivity contribution is 0.278. The van der Waals surface area contributed by atoms with Crippen LogP contribution in [0.2, 0.25) is 0 Å². The van der Waals surface area contributed by atoms with Gasteiger partial charge >= 0.3 is 7.32 Å². The second kappa shape index (κ2) is 7.99. The highest BCUT2D eigenvalue weighted by molar-refractivity contribution is 6.30. The third kappa shape index (κ3) is 4.46. The summed E-state index contributed by atoms with van der Waals surface area (Å²) in [4.78, 5) is 13.1. The van der Waals surface area contributed by atoms with E-state index in [9.17, 15) is 0 Å². The molecular weight excluding hydrogens is 281 g/mol. The normalized spacial score (nSPS) is 9.59. The van der Waals surface area contributed by atoms with E-state index < -0.39 is 7.32 Å². The first-order valence-electron chi connectivity index (χ1n) is 6.50. The molecule has 0 unspecified atom stereocenters. The molecule has 0 bridgehead atoms. The van der Waals surface area contributed by atoms with Gasteiger partial charge in [-0.25, -0.2) is 0 Å². The van der Waals surface area contributed by atoms with Gasteiger partial charge in [0.15, 0.2) is 0 Å². The Hall–Kier alpha value is -2.61. The van der Waals surface area contributed by atoms with Gasteiger partial charge in [-0.15, -0.1) is 0 Å². The summed E-state index contributed by atoms with van der Waals surface area (Å²) in [5, 5.41) is 21.5. The van der Waals surface area contributed by atoms with Gasteiger partial charge in [0.2, 0.25) is 0 Å². The van der Waals surface area contributed by atoms with E-state index >= 15 is 0 Å². The Balaban J connectivity index is 0.000000396. The van der Waals surface area contributed by atoms with Gasteiger partial charge in [-0.3, -0.25) is 15.0 Å². The van der Waals surface area contributed by atoms with Gasteiger partial charge in [-0.2, -0.15) is 0 Å². The molecular formula is C15H14BN3O3. The fourth-order valence-electron chi connectivity index (χ4n) is 1.84. The molecule has 0 saturated heterocycles. The van der Waals surface area contributed by atoms with Gasteiger partial charge in [-0.1, -0.05) is 12.1 Å². The predicted molar refractivity (Wildman–Crippen MR) is 83.1 cm³/mol. The predicted octanol–water partition coefficient (Wildman–Crippen LogP) is 1.15. The first-order valence-corrected chi connectivity index (χ1v) is 6.50. The summed E-state index contributed by atoms with van der Waals surface area (Å²) in [5.74, 6) is 0. The largest absolute Gasteiger partial charge is 0.631 e. The Morgan fingerprint density at radius 1 is 0.636 bits per heavy atom. The number of hydrogen-bond acceptors (Lipinski definition) is 6. The van der Waals surface area contributed by atoms with Crippen LogP contribution in [0.25, 0.3) is 22.6 Å². The molecule has 3 rings (SSSR count). The molecule has 0 atom stereocenters. The van der Waals surface area contributed by atoms with Crippen LogP contribution >= 0.6 is 0 Å². The second-order valence-corrected chi connectivity index (χ2v) is 4.18. The maximum Gasteiger partial charge on any atom is 0.631 e. The van der Waals surface area contributed by atoms with Crippen molar-refractivity contribution in [1.29, 1.82) is 0 Å². The molecule has 0 radical (unpaired) electrons. The van der Waals surface area contributed by atoms with Crippen LogP contribution in [0.3, 0.4) is 0 Å². The molecule has 6 nitrogen and oxygen atoms in total. The lowest BCUT2D eigenvalue weighted by Gasteiger charge is -2.06. The molecule has 0 aliphatic heterocycles. The molecule has 22 heavy (non-hydrogen) atoms. The van der Waals surface area contributed by atoms with Crippen LogP contribution in [-0.4, -0.2) is 37.3 Å². The van der Waals surface area contributed by atoms with E-state index in [1.165, 1.54) is 0 Å². The summed E-state index contributed by atoms with van der Waals surface area (Å²) in [6, 6.07) is 15.6. The van der Waals surface area contributed by atoms with Gasteiger partial charge in [0.1, 0.15) is 0 Å². The molecule has 3 N–H and O–H groups in total. The molecule has 0 fully saturated rings. The minimum atomic E-state index is -2.17. The lowest BCUT2D eigenvalue weighted by Crippen LogP contribution is -2.07. The van der Waals surface area contributed by atoms with Gasteiger partial charge in [0, 0.05) is 24.2 Å². The summed E-state index contributed by atoms with van der Waals surface area (Å²) in [5.41, 5.74) is 3.62. The van der Waals surface area contributed by atoms with E-state index in [-0.39, 0.29) is 0 Å². The van der Waals surface area contributed by atoms with Gasteiger partial charge in [-0.05, 0) is 36.4 Å². The molecule has 0 aliphatic carbocycles. The zero-order chi connectivity index (χ0) is 15.8. The van der Waals surface area contributed by atoms with Crippen molar-refractivity contribution in [1.82, 2.24) is 15.0 Å². The van der Waals surface area contributed by atoms with Crippen molar-refractivity contribution in [3.63, 3.8) is 0 Å². The highest BCUT2D eigenvalue weighted by Gasteiger charge is 2.09. The maximum absolute atomic E-state index is 7.17. The number of nitrogens with zero attached hydrogens (tertiary/aromatic N) is 3. The van der Waals surface area contributed by atoms with Crippen LogP contribution in [0.5, 0.6) is 0 Å². The van der Waals surface area contributed by atoms with Crippen LogP contribution in [0.4, 0.5) is 0 Å². The molecule has 3 heterocycles. The first kappa shape index (κ1) is 15.8. The first-order chi connectivity index (χ1) is 10.7. The van der Waals surface area contributed by atoms with Crippen LogP contribution in [0, 0.1) is 0 Å². The molecule has 0 aliphatic rings. The van der Waals surface area contributed by atoms with Gasteiger partial charge in [0.05, 0.1) is 17.1 Å². The Bertz CT molecular complexity index is 635. The third-order valence-electron chi connectivity index (χ3n) is 2.66. The van der Waals surface area contributed by atoms with Crippen molar-refractivity contribution in [3.05, 3.63) is 67.1 Å². The zero-order valence-corrected chi connectivity index (χ0v) is 11.6. The summed E-state index contributed by atoms with van der Waals surface area (Å²) < 4.78 is 0. The van der Waals surface area contributed by atoms with E-state index in [2.05, 4.69) is 15.0 Å². The Morgan fingerprint density at radius 3 is 1.73 bits per heavy atom. The SMILES string of the molecule is OB(O)O.c1ccc(-c2cccnc2-c2ccccn2)nc1. The van der Waals surface area contributed by atoms with Crippen molar-refractivity contribution >= 4 is 7.32 Å². The maximum atomic E-state index is 7.17. The summed E-state index contributed by atoms with van der Waals surface area (Å²) >= 11 is 0. The van der Waals surface area contributed by atoms with Crippen molar-refractivity contribution in [2.45, 2.75) is 0 Å². The number of aromatic nitrogens is 3. The summed E-state index contributed by atoms with van der Waals surface area (Å²) in [6.07, 6.45) is 5.33. The number of rotatable bonds is 2. The smallest absolute Gasteiger partial charge is 0.402 e. The highest BCUT2D eigenvalue weighted by atomic mass is 16.5. The van der Waals surface area contributed by atoms with Crippen LogP contribution in [0.15, 0.2) is 67.1 Å². The van der Waals surface area contributed by atoms with Crippen molar-refractivity contribution in [2.24, 2.45) is 0 Å². The minimum absolute atomic E-state index is 0.858. The number of pyridine rings is 3. The number of hydrogen-bond donors (Lipinski definition) is 3. The molecule has 3 aromatic rings. The average Bonchev–Trinajstić information content (AvgIpc) is 2.56. The Morgan fingerprint density at radius 2 is 1.18 bits per heavy atom. The summed E-state index contributed by atoms with van der Waals surface area (Å²) in [6.45, 7) is 0. The van der Waals surface area contributed by atoms with E-state index in [0.29, 0.717) is 0 Å². The van der Waals surface area contributed by atoms with Crippen molar-refractivity contribution in [3.8, 4) is 22.6 Å². The fraction of sp³-hybridized carbons (Fsp3) is 0. The average molecular weight is 295 g/mol. The van der Waals surface area contributed by atoms with E-state index in [1.807, 2.05) is 48.5 Å². The topological polar surface area (TPSA) is 99.4 Å². The third-order valence-corrected chi connectivity index (χ3v) is 2.66. The van der Waals surface area contributed by atoms with Crippen molar-refractivity contribution in [2.75, 3.05) is 0 Å². The second-order valence-electron chi connectivity index (χ2n) is 4.18.